The summed E-state index contributed by atoms with van der Waals surface area (Å²) in [5.74, 6) is -0.355. The zero-order valence-electron chi connectivity index (χ0n) is 12.9. The first-order chi connectivity index (χ1) is 11.9. The van der Waals surface area contributed by atoms with Crippen molar-refractivity contribution in [3.05, 3.63) is 66.8 Å². The highest BCUT2D eigenvalue weighted by molar-refractivity contribution is 5.86. The molecule has 0 saturated carbocycles. The normalized spacial score (nSPS) is 11.5. The maximum atomic E-state index is 12.7. The van der Waals surface area contributed by atoms with Crippen molar-refractivity contribution >= 4 is 11.6 Å². The number of carbonyl (C=O) groups excluding carboxylic acids is 1. The molecule has 8 heteroatoms. The van der Waals surface area contributed by atoms with E-state index < -0.39 is 11.7 Å². The van der Waals surface area contributed by atoms with Crippen LogP contribution in [-0.2, 0) is 17.5 Å². The molecule has 2 aromatic heterocycles. The van der Waals surface area contributed by atoms with Gasteiger partial charge < -0.3 is 9.72 Å². The van der Waals surface area contributed by atoms with Crippen molar-refractivity contribution in [1.29, 1.82) is 0 Å². The molecule has 0 saturated heterocycles. The van der Waals surface area contributed by atoms with Gasteiger partial charge in [-0.3, -0.25) is 4.79 Å². The molecule has 0 aliphatic carbocycles. The van der Waals surface area contributed by atoms with Crippen LogP contribution in [0.2, 0.25) is 0 Å². The molecule has 2 heterocycles. The molecule has 25 heavy (non-hydrogen) atoms. The van der Waals surface area contributed by atoms with Gasteiger partial charge in [-0.2, -0.15) is 13.2 Å². The van der Waals surface area contributed by atoms with Crippen molar-refractivity contribution < 1.29 is 18.0 Å². The third-order valence-electron chi connectivity index (χ3n) is 3.57. The molecule has 0 atom stereocenters. The van der Waals surface area contributed by atoms with E-state index in [4.69, 9.17) is 0 Å². The highest BCUT2D eigenvalue weighted by Gasteiger charge is 2.30. The van der Waals surface area contributed by atoms with E-state index in [9.17, 15) is 18.0 Å². The Hall–Kier alpha value is -3.16. The Morgan fingerprint density at radius 3 is 2.64 bits per heavy atom. The van der Waals surface area contributed by atoms with Crippen molar-refractivity contribution in [2.24, 2.45) is 0 Å². The fourth-order valence-electron chi connectivity index (χ4n) is 2.33. The molecule has 0 fully saturated rings. The number of alkyl halides is 3. The van der Waals surface area contributed by atoms with Crippen LogP contribution in [-0.4, -0.2) is 20.3 Å². The Balaban J connectivity index is 1.99. The number of amides is 1. The zero-order valence-corrected chi connectivity index (χ0v) is 12.9. The molecule has 1 N–H and O–H groups in total. The van der Waals surface area contributed by atoms with Gasteiger partial charge in [0.25, 0.3) is 0 Å². The summed E-state index contributed by atoms with van der Waals surface area (Å²) < 4.78 is 39.8. The number of imidazole rings is 1. The molecule has 128 valence electrons. The largest absolute Gasteiger partial charge is 0.416 e. The molecule has 5 nitrogen and oxygen atoms in total. The lowest BCUT2D eigenvalue weighted by Gasteiger charge is -2.10. The number of aromatic nitrogens is 3. The second kappa shape index (κ2) is 6.39. The van der Waals surface area contributed by atoms with E-state index >= 15 is 0 Å². The zero-order chi connectivity index (χ0) is 18.0. The summed E-state index contributed by atoms with van der Waals surface area (Å²) >= 11 is 0. The van der Waals surface area contributed by atoms with E-state index in [1.165, 1.54) is 12.1 Å². The summed E-state index contributed by atoms with van der Waals surface area (Å²) in [4.78, 5) is 20.0. The second-order valence-corrected chi connectivity index (χ2v) is 5.23. The van der Waals surface area contributed by atoms with Gasteiger partial charge in [-0.1, -0.05) is 18.7 Å². The predicted molar refractivity (Wildman–Crippen MR) is 85.5 cm³/mol. The van der Waals surface area contributed by atoms with Crippen molar-refractivity contribution in [2.45, 2.75) is 12.7 Å². The molecular formula is C17H13F3N4O. The second-order valence-electron chi connectivity index (χ2n) is 5.23. The molecule has 0 spiro atoms. The van der Waals surface area contributed by atoms with Gasteiger partial charge in [0.15, 0.2) is 5.65 Å². The predicted octanol–water partition coefficient (Wildman–Crippen LogP) is 3.22. The smallest absolute Gasteiger partial charge is 0.347 e. The number of hydrogen-bond donors (Lipinski definition) is 1. The van der Waals surface area contributed by atoms with Crippen LogP contribution in [0, 0.1) is 0 Å². The Morgan fingerprint density at radius 1 is 1.28 bits per heavy atom. The van der Waals surface area contributed by atoms with Crippen LogP contribution in [0.4, 0.5) is 13.2 Å². The van der Waals surface area contributed by atoms with E-state index in [1.807, 2.05) is 0 Å². The molecule has 3 aromatic rings. The van der Waals surface area contributed by atoms with Gasteiger partial charge in [-0.05, 0) is 18.2 Å². The minimum absolute atomic E-state index is 0.125. The molecule has 0 aliphatic rings. The van der Waals surface area contributed by atoms with E-state index in [-0.39, 0.29) is 12.5 Å². The average molecular weight is 346 g/mol. The summed E-state index contributed by atoms with van der Waals surface area (Å²) in [7, 11) is 0. The maximum absolute atomic E-state index is 12.7. The summed E-state index contributed by atoms with van der Waals surface area (Å²) in [5.41, 5.74) is 1.33. The number of hydrogen-bond acceptors (Lipinski definition) is 3. The SMILES string of the molecule is C=CC(=O)NCc1nc(-c2ccc(C(F)(F)F)cc2)cn2ccnc12. The van der Waals surface area contributed by atoms with E-state index in [1.54, 1.807) is 23.0 Å². The van der Waals surface area contributed by atoms with E-state index in [0.29, 0.717) is 22.6 Å². The Labute approximate surface area is 140 Å². The average Bonchev–Trinajstić information content (AvgIpc) is 3.07. The molecule has 3 rings (SSSR count). The molecule has 0 unspecified atom stereocenters. The standard InChI is InChI=1S/C17H13F3N4O/c1-2-15(25)22-9-13-16-21-7-8-24(16)10-14(23-13)11-3-5-12(6-4-11)17(18,19)20/h2-8,10H,1,9H2,(H,22,25). The number of halogens is 3. The van der Waals surface area contributed by atoms with E-state index in [0.717, 1.165) is 18.2 Å². The first-order valence-electron chi connectivity index (χ1n) is 7.29. The minimum atomic E-state index is -4.39. The molecule has 0 aliphatic heterocycles. The third kappa shape index (κ3) is 3.52. The van der Waals surface area contributed by atoms with Gasteiger partial charge in [0.1, 0.15) is 5.69 Å². The Bertz CT molecular complexity index is 929. The fourth-order valence-corrected chi connectivity index (χ4v) is 2.33. The highest BCUT2D eigenvalue weighted by Crippen LogP contribution is 2.30. The van der Waals surface area contributed by atoms with Crippen LogP contribution in [0.5, 0.6) is 0 Å². The number of benzene rings is 1. The first kappa shape index (κ1) is 16.7. The third-order valence-corrected chi connectivity index (χ3v) is 3.57. The Morgan fingerprint density at radius 2 is 2.00 bits per heavy atom. The van der Waals surface area contributed by atoms with Gasteiger partial charge in [-0.25, -0.2) is 9.97 Å². The van der Waals surface area contributed by atoms with Crippen LogP contribution in [0.15, 0.2) is 55.5 Å². The number of nitrogens with one attached hydrogen (secondary N) is 1. The number of rotatable bonds is 4. The van der Waals surface area contributed by atoms with E-state index in [2.05, 4.69) is 21.9 Å². The highest BCUT2D eigenvalue weighted by atomic mass is 19.4. The van der Waals surface area contributed by atoms with Gasteiger partial charge in [0.05, 0.1) is 17.8 Å². The summed E-state index contributed by atoms with van der Waals surface area (Å²) in [5, 5.41) is 2.62. The van der Waals surface area contributed by atoms with Gasteiger partial charge >= 0.3 is 6.18 Å². The maximum Gasteiger partial charge on any atom is 0.416 e. The summed E-state index contributed by atoms with van der Waals surface area (Å²) in [6.45, 7) is 3.50. The molecule has 1 amide bonds. The van der Waals surface area contributed by atoms with Crippen molar-refractivity contribution in [1.82, 2.24) is 19.7 Å². The van der Waals surface area contributed by atoms with Crippen molar-refractivity contribution in [3.8, 4) is 11.3 Å². The van der Waals surface area contributed by atoms with Crippen LogP contribution in [0.1, 0.15) is 11.3 Å². The number of fused-ring (bicyclic) bond motifs is 1. The topological polar surface area (TPSA) is 59.3 Å². The molecule has 1 aromatic carbocycles. The van der Waals surface area contributed by atoms with Crippen molar-refractivity contribution in [2.75, 3.05) is 0 Å². The van der Waals surface area contributed by atoms with Gasteiger partial charge in [0.2, 0.25) is 5.91 Å². The first-order valence-corrected chi connectivity index (χ1v) is 7.29. The van der Waals surface area contributed by atoms with Crippen molar-refractivity contribution in [3.63, 3.8) is 0 Å². The van der Waals surface area contributed by atoms with Crippen LogP contribution >= 0.6 is 0 Å². The molecule has 0 bridgehead atoms. The van der Waals surface area contributed by atoms with Crippen LogP contribution in [0.25, 0.3) is 16.9 Å². The minimum Gasteiger partial charge on any atom is -0.347 e. The monoisotopic (exact) mass is 346 g/mol. The van der Waals surface area contributed by atoms with Gasteiger partial charge in [0, 0.05) is 24.2 Å². The number of carbonyl (C=O) groups is 1. The van der Waals surface area contributed by atoms with Gasteiger partial charge in [-0.15, -0.1) is 0 Å². The summed E-state index contributed by atoms with van der Waals surface area (Å²) in [6.07, 6.45) is 1.70. The lowest BCUT2D eigenvalue weighted by molar-refractivity contribution is -0.137. The van der Waals surface area contributed by atoms with Crippen LogP contribution in [0.3, 0.4) is 0 Å². The lowest BCUT2D eigenvalue weighted by atomic mass is 10.1. The Kier molecular flexibility index (Phi) is 4.26. The summed E-state index contributed by atoms with van der Waals surface area (Å²) in [6, 6.07) is 4.74. The number of nitrogens with zero attached hydrogens (tertiary/aromatic N) is 3. The fraction of sp³-hybridized carbons (Fsp3) is 0.118. The molecule has 0 radical (unpaired) electrons. The van der Waals surface area contributed by atoms with Crippen LogP contribution < -0.4 is 5.32 Å². The molecular weight excluding hydrogens is 333 g/mol. The lowest BCUT2D eigenvalue weighted by Crippen LogP contribution is -2.21. The quantitative estimate of drug-likeness (QED) is 0.738.